The third-order valence-corrected chi connectivity index (χ3v) is 2.43. The van der Waals surface area contributed by atoms with Crippen molar-refractivity contribution in [2.24, 2.45) is 0 Å². The molecule has 0 fully saturated rings. The van der Waals surface area contributed by atoms with Crippen LogP contribution in [0.1, 0.15) is 0 Å². The van der Waals surface area contributed by atoms with E-state index in [0.717, 1.165) is 0 Å². The van der Waals surface area contributed by atoms with E-state index >= 15 is 0 Å². The number of hydrogen-bond donors (Lipinski definition) is 1. The molecule has 0 aromatic carbocycles. The number of alkyl halides is 15. The minimum absolute atomic E-state index is 0. The van der Waals surface area contributed by atoms with E-state index < -0.39 is 41.9 Å². The number of halogens is 15. The van der Waals surface area contributed by atoms with Crippen molar-refractivity contribution < 1.29 is 71.0 Å². The monoisotopic (exact) mass is 519 g/mol. The van der Waals surface area contributed by atoms with Crippen LogP contribution in [0.5, 0.6) is 0 Å². The Labute approximate surface area is 180 Å². The maximum atomic E-state index is 12.7. The molecule has 0 spiro atoms. The molecule has 0 bridgehead atoms. The largest absolute Gasteiger partial charge is 0.456 e. The predicted octanol–water partition coefficient (Wildman–Crippen LogP) is 3.93. The van der Waals surface area contributed by atoms with Gasteiger partial charge in [-0.3, -0.25) is 0 Å². The number of aliphatic hydroxyl groups is 1. The molecule has 24 heavy (non-hydrogen) atoms. The van der Waals surface area contributed by atoms with Crippen LogP contribution in [0.15, 0.2) is 0 Å². The molecule has 0 atom stereocenters. The summed E-state index contributed by atoms with van der Waals surface area (Å²) in [5.74, 6) is -24.6. The summed E-state index contributed by atoms with van der Waals surface area (Å²) in [4.78, 5) is 0. The molecule has 1 nitrogen and oxygen atoms in total. The quantitative estimate of drug-likeness (QED) is 0.561. The van der Waals surface area contributed by atoms with Crippen molar-refractivity contribution in [2.75, 3.05) is 0 Å². The normalized spacial score (nSPS) is 16.0. The van der Waals surface area contributed by atoms with Crippen LogP contribution in [0.4, 0.5) is 65.9 Å². The van der Waals surface area contributed by atoms with Gasteiger partial charge >= 0.3 is 36.3 Å². The second-order valence-electron chi connectivity index (χ2n) is 3.93. The molecule has 0 aliphatic rings. The average molecular weight is 519 g/mol. The zero-order chi connectivity index (χ0) is 19.5. The molecule has 141 valence electrons. The van der Waals surface area contributed by atoms with Gasteiger partial charge in [0.15, 0.2) is 0 Å². The maximum absolute atomic E-state index is 12.7. The Bertz CT molecular complexity index is 378. The topological polar surface area (TPSA) is 20.2 Å². The van der Waals surface area contributed by atoms with Crippen LogP contribution in [0, 0.1) is 0 Å². The molecule has 0 rings (SSSR count). The van der Waals surface area contributed by atoms with Gasteiger partial charge in [0, 0.05) is 68.9 Å². The van der Waals surface area contributed by atoms with Crippen molar-refractivity contribution in [1.82, 2.24) is 0 Å². The molecule has 0 saturated heterocycles. The molecule has 0 aromatic heterocycles. The van der Waals surface area contributed by atoms with E-state index in [4.69, 9.17) is 5.11 Å². The van der Waals surface area contributed by atoms with Crippen LogP contribution in [-0.4, -0.2) is 116 Å². The Kier molecular flexibility index (Phi) is 7.75. The van der Waals surface area contributed by atoms with Crippen molar-refractivity contribution in [3.63, 3.8) is 0 Å². The first-order chi connectivity index (χ1) is 9.50. The average Bonchev–Trinajstić information content (AvgIpc) is 2.22. The Morgan fingerprint density at radius 1 is 0.375 bits per heavy atom. The minimum atomic E-state index is -8.23. The Hall–Kier alpha value is 0.962. The van der Waals surface area contributed by atoms with Gasteiger partial charge in [-0.15, -0.1) is 0 Å². The Morgan fingerprint density at radius 3 is 0.583 bits per heavy atom. The SMILES string of the molecule is OC(C(F)(F)C(F)(F)F)(C(F)(F)C(F)(F)F)C(F)(F)C(F)(F)F.[Cs]. The van der Waals surface area contributed by atoms with Crippen LogP contribution in [0.2, 0.25) is 0 Å². The van der Waals surface area contributed by atoms with Gasteiger partial charge in [-0.05, 0) is 0 Å². The van der Waals surface area contributed by atoms with Crippen molar-refractivity contribution in [1.29, 1.82) is 0 Å². The predicted molar refractivity (Wildman–Crippen MR) is 43.7 cm³/mol. The van der Waals surface area contributed by atoms with Gasteiger partial charge in [-0.1, -0.05) is 0 Å². The van der Waals surface area contributed by atoms with Crippen molar-refractivity contribution in [3.05, 3.63) is 0 Å². The first kappa shape index (κ1) is 27.2. The molecule has 0 amide bonds. The number of rotatable bonds is 3. The van der Waals surface area contributed by atoms with Gasteiger partial charge in [0.05, 0.1) is 0 Å². The minimum Gasteiger partial charge on any atom is -0.373 e. The van der Waals surface area contributed by atoms with Gasteiger partial charge in [0.2, 0.25) is 0 Å². The Balaban J connectivity index is 0. The summed E-state index contributed by atoms with van der Waals surface area (Å²) in [5, 5.41) is 8.19. The van der Waals surface area contributed by atoms with Crippen molar-refractivity contribution in [3.8, 4) is 0 Å². The molecule has 0 aliphatic heterocycles. The zero-order valence-electron chi connectivity index (χ0n) is 10.6. The van der Waals surface area contributed by atoms with Crippen molar-refractivity contribution in [2.45, 2.75) is 41.9 Å². The van der Waals surface area contributed by atoms with E-state index in [1.165, 1.54) is 0 Å². The summed E-state index contributed by atoms with van der Waals surface area (Å²) in [5.41, 5.74) is -8.23. The van der Waals surface area contributed by atoms with E-state index in [0.29, 0.717) is 0 Å². The van der Waals surface area contributed by atoms with Gasteiger partial charge in [0.1, 0.15) is 0 Å². The molecule has 17 heteroatoms. The standard InChI is InChI=1S/C7HF15O.Cs/c8-2(9,5(14,15)16)1(23,3(10,11)6(17,18)19)4(12,13)7(20,21)22;/h23H;. The van der Waals surface area contributed by atoms with E-state index in [1.807, 2.05) is 0 Å². The summed E-state index contributed by atoms with van der Waals surface area (Å²) in [7, 11) is 0. The molecular formula is C7HCsF15O. The molecule has 0 heterocycles. The van der Waals surface area contributed by atoms with E-state index in [9.17, 15) is 65.9 Å². The third kappa shape index (κ3) is 3.67. The summed E-state index contributed by atoms with van der Waals surface area (Å²) in [6, 6.07) is 0. The molecule has 0 saturated carbocycles. The van der Waals surface area contributed by atoms with Gasteiger partial charge < -0.3 is 5.11 Å². The van der Waals surface area contributed by atoms with Gasteiger partial charge in [0.25, 0.3) is 5.60 Å². The fraction of sp³-hybridized carbons (Fsp3) is 1.00. The zero-order valence-corrected chi connectivity index (χ0v) is 16.9. The number of hydrogen-bond acceptors (Lipinski definition) is 1. The summed E-state index contributed by atoms with van der Waals surface area (Å²) in [6.07, 6.45) is -23.4. The van der Waals surface area contributed by atoms with Crippen molar-refractivity contribution >= 4 is 68.9 Å². The summed E-state index contributed by atoms with van der Waals surface area (Å²) < 4.78 is 183. The summed E-state index contributed by atoms with van der Waals surface area (Å²) >= 11 is 0. The van der Waals surface area contributed by atoms with E-state index in [2.05, 4.69) is 0 Å². The fourth-order valence-electron chi connectivity index (χ4n) is 1.21. The second kappa shape index (κ2) is 6.84. The van der Waals surface area contributed by atoms with E-state index in [-0.39, 0.29) is 68.9 Å². The molecule has 0 unspecified atom stereocenters. The molecule has 0 aliphatic carbocycles. The molecular weight excluding hydrogens is 518 g/mol. The third-order valence-electron chi connectivity index (χ3n) is 2.43. The van der Waals surface area contributed by atoms with Crippen LogP contribution in [0.3, 0.4) is 0 Å². The molecule has 1 radical (unpaired) electrons. The van der Waals surface area contributed by atoms with Crippen LogP contribution < -0.4 is 0 Å². The van der Waals surface area contributed by atoms with E-state index in [1.54, 1.807) is 0 Å². The van der Waals surface area contributed by atoms with Crippen LogP contribution >= 0.6 is 0 Å². The molecule has 1 N–H and O–H groups in total. The smallest absolute Gasteiger partial charge is 0.373 e. The first-order valence-corrected chi connectivity index (χ1v) is 4.56. The maximum Gasteiger partial charge on any atom is 0.456 e. The van der Waals surface area contributed by atoms with Crippen LogP contribution in [-0.2, 0) is 0 Å². The fourth-order valence-corrected chi connectivity index (χ4v) is 1.21. The Morgan fingerprint density at radius 2 is 0.500 bits per heavy atom. The van der Waals surface area contributed by atoms with Gasteiger partial charge in [-0.2, -0.15) is 65.9 Å². The van der Waals surface area contributed by atoms with Crippen LogP contribution in [0.25, 0.3) is 0 Å². The van der Waals surface area contributed by atoms with Gasteiger partial charge in [-0.25, -0.2) is 0 Å². The first-order valence-electron chi connectivity index (χ1n) is 4.56. The molecule has 0 aromatic rings. The second-order valence-corrected chi connectivity index (χ2v) is 3.93. The summed E-state index contributed by atoms with van der Waals surface area (Å²) in [6.45, 7) is 0.